The minimum Gasteiger partial charge on any atom is -0.489 e. The van der Waals surface area contributed by atoms with E-state index in [9.17, 15) is 4.79 Å². The summed E-state index contributed by atoms with van der Waals surface area (Å²) < 4.78 is 5.76. The molecule has 1 N–H and O–H groups in total. The maximum atomic E-state index is 12.9. The number of aromatic nitrogens is 1. The highest BCUT2D eigenvalue weighted by Gasteiger charge is 2.18. The van der Waals surface area contributed by atoms with Crippen LogP contribution in [0.25, 0.3) is 0 Å². The highest BCUT2D eigenvalue weighted by Crippen LogP contribution is 2.21. The molecule has 0 saturated heterocycles. The van der Waals surface area contributed by atoms with Crippen LogP contribution in [0, 0.1) is 0 Å². The van der Waals surface area contributed by atoms with Crippen molar-refractivity contribution in [2.24, 2.45) is 0 Å². The van der Waals surface area contributed by atoms with Crippen LogP contribution in [0.1, 0.15) is 33.2 Å². The summed E-state index contributed by atoms with van der Waals surface area (Å²) in [5, 5.41) is 3.11. The second kappa shape index (κ2) is 9.52. The van der Waals surface area contributed by atoms with E-state index in [1.165, 1.54) is 0 Å². The Balaban J connectivity index is 1.46. The zero-order chi connectivity index (χ0) is 20.6. The maximum Gasteiger partial charge on any atom is 0.252 e. The fourth-order valence-corrected chi connectivity index (χ4v) is 3.17. The van der Waals surface area contributed by atoms with Crippen molar-refractivity contribution in [3.8, 4) is 5.75 Å². The van der Waals surface area contributed by atoms with Crippen LogP contribution in [0.3, 0.4) is 0 Å². The predicted octanol–water partition coefficient (Wildman–Crippen LogP) is 5.18. The molecule has 0 fully saturated rings. The van der Waals surface area contributed by atoms with E-state index in [4.69, 9.17) is 4.74 Å². The standard InChI is InChI=1S/C26H22N2O2/c29-26(22-16-14-20(15-17-22)19-30-23-11-5-2-6-12-23)28-25(21-9-3-1-4-10-21)24-13-7-8-18-27-24/h1-18,25H,19H2,(H,28,29). The van der Waals surface area contributed by atoms with Gasteiger partial charge in [-0.25, -0.2) is 0 Å². The maximum absolute atomic E-state index is 12.9. The number of nitrogens with one attached hydrogen (secondary N) is 1. The molecule has 0 aliphatic rings. The minimum atomic E-state index is -0.319. The zero-order valence-corrected chi connectivity index (χ0v) is 16.4. The molecule has 1 amide bonds. The Kier molecular flexibility index (Phi) is 6.16. The van der Waals surface area contributed by atoms with Crippen LogP contribution in [0.5, 0.6) is 5.75 Å². The molecule has 0 bridgehead atoms. The van der Waals surface area contributed by atoms with Crippen molar-refractivity contribution in [3.05, 3.63) is 132 Å². The van der Waals surface area contributed by atoms with Crippen LogP contribution >= 0.6 is 0 Å². The van der Waals surface area contributed by atoms with E-state index in [1.54, 1.807) is 6.20 Å². The number of rotatable bonds is 7. The number of ether oxygens (including phenoxy) is 1. The first-order valence-corrected chi connectivity index (χ1v) is 9.83. The van der Waals surface area contributed by atoms with Crippen molar-refractivity contribution >= 4 is 5.91 Å². The third-order valence-corrected chi connectivity index (χ3v) is 4.76. The summed E-state index contributed by atoms with van der Waals surface area (Å²) in [7, 11) is 0. The number of carbonyl (C=O) groups excluding carboxylic acids is 1. The van der Waals surface area contributed by atoms with Gasteiger partial charge >= 0.3 is 0 Å². The summed E-state index contributed by atoms with van der Waals surface area (Å²) in [5.41, 5.74) is 3.37. The molecule has 4 heteroatoms. The number of carbonyl (C=O) groups is 1. The molecule has 0 spiro atoms. The van der Waals surface area contributed by atoms with E-state index in [0.29, 0.717) is 12.2 Å². The van der Waals surface area contributed by atoms with Crippen LogP contribution in [-0.4, -0.2) is 10.9 Å². The van der Waals surface area contributed by atoms with Gasteiger partial charge in [0.15, 0.2) is 0 Å². The molecule has 3 aromatic carbocycles. The van der Waals surface area contributed by atoms with Gasteiger partial charge in [0.05, 0.1) is 11.7 Å². The monoisotopic (exact) mass is 394 g/mol. The van der Waals surface area contributed by atoms with Crippen LogP contribution in [0.4, 0.5) is 0 Å². The number of benzene rings is 3. The van der Waals surface area contributed by atoms with Crippen molar-refractivity contribution in [3.63, 3.8) is 0 Å². The van der Waals surface area contributed by atoms with Gasteiger partial charge < -0.3 is 10.1 Å². The molecule has 148 valence electrons. The second-order valence-corrected chi connectivity index (χ2v) is 6.87. The van der Waals surface area contributed by atoms with Crippen molar-refractivity contribution < 1.29 is 9.53 Å². The number of pyridine rings is 1. The van der Waals surface area contributed by atoms with Crippen LogP contribution in [0.15, 0.2) is 109 Å². The van der Waals surface area contributed by atoms with E-state index >= 15 is 0 Å². The molecule has 0 aliphatic carbocycles. The molecule has 0 radical (unpaired) electrons. The Morgan fingerprint density at radius 3 is 2.13 bits per heavy atom. The number of hydrogen-bond acceptors (Lipinski definition) is 3. The average molecular weight is 394 g/mol. The fraction of sp³-hybridized carbons (Fsp3) is 0.0769. The van der Waals surface area contributed by atoms with Crippen LogP contribution < -0.4 is 10.1 Å². The lowest BCUT2D eigenvalue weighted by Crippen LogP contribution is -2.29. The first-order valence-electron chi connectivity index (χ1n) is 9.83. The quantitative estimate of drug-likeness (QED) is 0.470. The van der Waals surface area contributed by atoms with Gasteiger partial charge in [0.1, 0.15) is 12.4 Å². The molecule has 30 heavy (non-hydrogen) atoms. The normalized spacial score (nSPS) is 11.5. The lowest BCUT2D eigenvalue weighted by molar-refractivity contribution is 0.0942. The summed E-state index contributed by atoms with van der Waals surface area (Å²) in [4.78, 5) is 17.4. The molecule has 0 saturated carbocycles. The molecule has 1 atom stereocenters. The first kappa shape index (κ1) is 19.4. The molecule has 0 aliphatic heterocycles. The van der Waals surface area contributed by atoms with E-state index < -0.39 is 0 Å². The van der Waals surface area contributed by atoms with Gasteiger partial charge in [-0.15, -0.1) is 0 Å². The summed E-state index contributed by atoms with van der Waals surface area (Å²) >= 11 is 0. The van der Waals surface area contributed by atoms with Gasteiger partial charge in [-0.3, -0.25) is 9.78 Å². The largest absolute Gasteiger partial charge is 0.489 e. The highest BCUT2D eigenvalue weighted by molar-refractivity contribution is 5.94. The SMILES string of the molecule is O=C(NC(c1ccccc1)c1ccccn1)c1ccc(COc2ccccc2)cc1. The molecule has 4 rings (SSSR count). The summed E-state index contributed by atoms with van der Waals surface area (Å²) in [6, 6.07) is 32.4. The number of nitrogens with zero attached hydrogens (tertiary/aromatic N) is 1. The summed E-state index contributed by atoms with van der Waals surface area (Å²) in [6.07, 6.45) is 1.74. The third-order valence-electron chi connectivity index (χ3n) is 4.76. The van der Waals surface area contributed by atoms with E-state index in [0.717, 1.165) is 22.6 Å². The van der Waals surface area contributed by atoms with Gasteiger partial charge in [-0.2, -0.15) is 0 Å². The Morgan fingerprint density at radius 1 is 0.800 bits per heavy atom. The molecule has 4 aromatic rings. The zero-order valence-electron chi connectivity index (χ0n) is 16.4. The lowest BCUT2D eigenvalue weighted by Gasteiger charge is -2.19. The van der Waals surface area contributed by atoms with Crippen LogP contribution in [-0.2, 0) is 6.61 Å². The number of amides is 1. The van der Waals surface area contributed by atoms with Gasteiger partial charge in [-0.1, -0.05) is 66.7 Å². The minimum absolute atomic E-state index is 0.148. The fourth-order valence-electron chi connectivity index (χ4n) is 3.17. The van der Waals surface area contributed by atoms with Crippen LogP contribution in [0.2, 0.25) is 0 Å². The van der Waals surface area contributed by atoms with Gasteiger partial charge in [-0.05, 0) is 47.5 Å². The smallest absolute Gasteiger partial charge is 0.252 e. The van der Waals surface area contributed by atoms with Crippen molar-refractivity contribution in [2.45, 2.75) is 12.6 Å². The van der Waals surface area contributed by atoms with Gasteiger partial charge in [0, 0.05) is 11.8 Å². The molecular formula is C26H22N2O2. The van der Waals surface area contributed by atoms with Crippen molar-refractivity contribution in [2.75, 3.05) is 0 Å². The molecule has 1 aromatic heterocycles. The van der Waals surface area contributed by atoms with Gasteiger partial charge in [0.2, 0.25) is 0 Å². The van der Waals surface area contributed by atoms with Gasteiger partial charge in [0.25, 0.3) is 5.91 Å². The molecular weight excluding hydrogens is 372 g/mol. The average Bonchev–Trinajstić information content (AvgIpc) is 2.83. The number of hydrogen-bond donors (Lipinski definition) is 1. The predicted molar refractivity (Wildman–Crippen MR) is 117 cm³/mol. The molecule has 1 heterocycles. The van der Waals surface area contributed by atoms with E-state index in [-0.39, 0.29) is 11.9 Å². The first-order chi connectivity index (χ1) is 14.8. The Labute approximate surface area is 176 Å². The van der Waals surface area contributed by atoms with E-state index in [1.807, 2.05) is 103 Å². The number of para-hydroxylation sites is 1. The Bertz CT molecular complexity index is 1030. The molecule has 1 unspecified atom stereocenters. The summed E-state index contributed by atoms with van der Waals surface area (Å²) in [5.74, 6) is 0.672. The molecule has 4 nitrogen and oxygen atoms in total. The van der Waals surface area contributed by atoms with Crippen molar-refractivity contribution in [1.82, 2.24) is 10.3 Å². The topological polar surface area (TPSA) is 51.2 Å². The van der Waals surface area contributed by atoms with E-state index in [2.05, 4.69) is 10.3 Å². The lowest BCUT2D eigenvalue weighted by atomic mass is 10.0. The van der Waals surface area contributed by atoms with Crippen molar-refractivity contribution in [1.29, 1.82) is 0 Å². The Hall–Kier alpha value is -3.92. The highest BCUT2D eigenvalue weighted by atomic mass is 16.5. The third kappa shape index (κ3) is 4.92. The summed E-state index contributed by atoms with van der Waals surface area (Å²) in [6.45, 7) is 0.451. The second-order valence-electron chi connectivity index (χ2n) is 6.87. The Morgan fingerprint density at radius 2 is 1.47 bits per heavy atom.